The van der Waals surface area contributed by atoms with Crippen molar-refractivity contribution in [1.29, 1.82) is 5.41 Å². The lowest BCUT2D eigenvalue weighted by Crippen LogP contribution is -2.63. The number of phenols is 3. The average Bonchev–Trinajstić information content (AvgIpc) is 1.71. The Hall–Kier alpha value is -12.7. The molecular weight excluding hydrogens is 1640 g/mol. The number of rotatable bonds is 56. The maximum atomic E-state index is 14.8. The lowest BCUT2D eigenvalue weighted by atomic mass is 9.99. The molecule has 0 bridgehead atoms. The van der Waals surface area contributed by atoms with E-state index in [0.717, 1.165) is 23.6 Å². The van der Waals surface area contributed by atoms with Crippen molar-refractivity contribution >= 4 is 107 Å². The van der Waals surface area contributed by atoms with E-state index in [9.17, 15) is 112 Å². The molecule has 15 amide bonds. The number of guanidine groups is 1. The molecule has 2 fully saturated rings. The number of nitrogens with one attached hydrogen (secondary N) is 13. The molecule has 45 heteroatoms. The summed E-state index contributed by atoms with van der Waals surface area (Å²) >= 11 is 0. The van der Waals surface area contributed by atoms with Crippen molar-refractivity contribution in [3.05, 3.63) is 89.5 Å². The highest BCUT2D eigenvalue weighted by atomic mass is 16.7. The maximum Gasteiger partial charge on any atom is 0.326 e. The Morgan fingerprint density at radius 3 is 1.47 bits per heavy atom. The number of aliphatic hydroxyl groups is 2. The molecule has 0 radical (unpaired) electrons. The first-order valence-electron chi connectivity index (χ1n) is 40.8. The number of hydrogen-bond donors (Lipinski definition) is 23. The Balaban J connectivity index is 1.28. The van der Waals surface area contributed by atoms with Crippen molar-refractivity contribution in [2.24, 2.45) is 28.9 Å². The number of hydrogen-bond acceptors (Lipinski definition) is 28. The third-order valence-corrected chi connectivity index (χ3v) is 19.7. The molecule has 0 spiro atoms. The van der Waals surface area contributed by atoms with E-state index in [0.29, 0.717) is 23.1 Å². The number of nitrogens with two attached hydrogens (primary N) is 4. The number of ether oxygens (including phenoxy) is 2. The molecule has 0 aromatic heterocycles. The van der Waals surface area contributed by atoms with Crippen molar-refractivity contribution < 1.29 is 126 Å². The Labute approximate surface area is 719 Å². The molecule has 5 rings (SSSR count). The smallest absolute Gasteiger partial charge is 0.326 e. The van der Waals surface area contributed by atoms with Gasteiger partial charge in [0, 0.05) is 58.2 Å². The topological polar surface area (TPSA) is 718 Å². The van der Waals surface area contributed by atoms with Gasteiger partial charge in [-0.1, -0.05) is 50.2 Å². The zero-order valence-electron chi connectivity index (χ0n) is 69.9. The van der Waals surface area contributed by atoms with Crippen LogP contribution in [-0.4, -0.2) is 285 Å². The van der Waals surface area contributed by atoms with E-state index in [1.807, 2.05) is 0 Å². The van der Waals surface area contributed by atoms with Crippen molar-refractivity contribution in [3.63, 3.8) is 0 Å². The summed E-state index contributed by atoms with van der Waals surface area (Å²) in [7, 11) is 0. The first-order valence-corrected chi connectivity index (χ1v) is 40.8. The second kappa shape index (κ2) is 52.7. The monoisotopic (exact) mass is 1760 g/mol. The number of carbonyl (C=O) groups is 17. The number of carboxylic acids is 1. The first-order chi connectivity index (χ1) is 59.2. The van der Waals surface area contributed by atoms with Gasteiger partial charge >= 0.3 is 11.9 Å². The molecule has 688 valence electrons. The molecule has 0 unspecified atom stereocenters. The molecule has 2 heterocycles. The Kier molecular flexibility index (Phi) is 43.3. The Bertz CT molecular complexity index is 4180. The predicted octanol–water partition coefficient (Wildman–Crippen LogP) is -6.28. The van der Waals surface area contributed by atoms with Gasteiger partial charge in [0.05, 0.1) is 64.4 Å². The van der Waals surface area contributed by atoms with Crippen LogP contribution < -0.4 is 86.9 Å². The number of amides is 15. The second-order valence-corrected chi connectivity index (χ2v) is 30.4. The van der Waals surface area contributed by atoms with E-state index in [1.54, 1.807) is 13.8 Å². The van der Waals surface area contributed by atoms with Crippen LogP contribution in [0.25, 0.3) is 0 Å². The third kappa shape index (κ3) is 36.7. The van der Waals surface area contributed by atoms with Gasteiger partial charge in [0.25, 0.3) is 0 Å². The second-order valence-electron chi connectivity index (χ2n) is 30.4. The quantitative estimate of drug-likeness (QED) is 0.00822. The molecule has 125 heavy (non-hydrogen) atoms. The van der Waals surface area contributed by atoms with E-state index in [-0.39, 0.29) is 184 Å². The molecule has 0 aliphatic carbocycles. The number of likely N-dealkylation sites (tertiary alicyclic amines) is 2. The van der Waals surface area contributed by atoms with Gasteiger partial charge in [0.1, 0.15) is 83.7 Å². The van der Waals surface area contributed by atoms with Crippen molar-refractivity contribution in [2.45, 2.75) is 216 Å². The summed E-state index contributed by atoms with van der Waals surface area (Å²) in [5.74, 6) is -18.1. The number of hydroxylamine groups is 1. The summed E-state index contributed by atoms with van der Waals surface area (Å²) in [6.45, 7) is 5.31. The van der Waals surface area contributed by atoms with Crippen LogP contribution in [0.4, 0.5) is 0 Å². The zero-order chi connectivity index (χ0) is 92.6. The number of phenolic OH excluding ortho intramolecular Hbond substituents is 3. The van der Waals surface area contributed by atoms with Crippen LogP contribution in [0, 0.1) is 11.3 Å². The number of imide groups is 1. The summed E-state index contributed by atoms with van der Waals surface area (Å²) in [6.07, 6.45) is -6.67. The average molecular weight is 1760 g/mol. The van der Waals surface area contributed by atoms with Crippen molar-refractivity contribution in [1.82, 2.24) is 73.8 Å². The lowest BCUT2D eigenvalue weighted by Gasteiger charge is -2.31. The Morgan fingerprint density at radius 1 is 0.504 bits per heavy atom. The number of carbonyl (C=O) groups excluding carboxylic acids is 16. The maximum absolute atomic E-state index is 14.8. The van der Waals surface area contributed by atoms with Gasteiger partial charge in [-0.2, -0.15) is 5.48 Å². The van der Waals surface area contributed by atoms with E-state index < -0.39 is 186 Å². The summed E-state index contributed by atoms with van der Waals surface area (Å²) < 4.78 is 10.9. The molecule has 2 aliphatic heterocycles. The van der Waals surface area contributed by atoms with Gasteiger partial charge in [0.2, 0.25) is 88.6 Å². The van der Waals surface area contributed by atoms with Crippen LogP contribution in [0.3, 0.4) is 0 Å². The molecular formula is C80H117N19O26. The fraction of sp³-hybridized carbons (Fsp3) is 0.550. The van der Waals surface area contributed by atoms with Gasteiger partial charge < -0.3 is 131 Å². The van der Waals surface area contributed by atoms with E-state index in [4.69, 9.17) is 42.7 Å². The van der Waals surface area contributed by atoms with Crippen LogP contribution in [0.2, 0.25) is 0 Å². The number of aromatic hydroxyl groups is 3. The molecule has 27 N–H and O–H groups in total. The van der Waals surface area contributed by atoms with Gasteiger partial charge in [-0.05, 0) is 131 Å². The number of benzene rings is 3. The molecule has 2 saturated heterocycles. The van der Waals surface area contributed by atoms with Crippen LogP contribution in [0.1, 0.15) is 134 Å². The predicted molar refractivity (Wildman–Crippen MR) is 441 cm³/mol. The number of nitrogens with zero attached hydrogens (tertiary/aromatic N) is 2. The SMILES string of the molecule is CC(C)C[C@H](NC(=O)[C@H](CCCCN)NC(=O)[C@H](CCCNC(=N)N)NC(=O)[C@@H]1CCCN1C(=O)[C@H](CC(N)=O)NC(=O)[C@@H](NC(=O)[C@@H](NC(=O)[C@H](Cc1ccc(O)cc1)NC(=O)CCOCCOCCNOC(=O)CCN1C(=O)CCC1=O)[C@@H](C)O)[C@@H](C)O)C(=O)N[C@@H](Cc1ccc(O)cc1)C(=O)N[C@@H](CC(=O)O)C(=O)N[C@@H](Cc1ccc(O)cc1)C(N)=O. The Morgan fingerprint density at radius 2 is 0.952 bits per heavy atom. The summed E-state index contributed by atoms with van der Waals surface area (Å²) in [4.78, 5) is 238. The van der Waals surface area contributed by atoms with E-state index in [1.165, 1.54) is 72.8 Å². The van der Waals surface area contributed by atoms with E-state index >= 15 is 0 Å². The van der Waals surface area contributed by atoms with Gasteiger partial charge in [-0.15, -0.1) is 0 Å². The minimum atomic E-state index is -2.03. The zero-order valence-corrected chi connectivity index (χ0v) is 69.9. The highest BCUT2D eigenvalue weighted by Crippen LogP contribution is 2.23. The molecule has 2 aliphatic rings. The standard InChI is InChI=1S/C80H117N19O26/c1-43(2)37-55(72(115)93-57(40-48-16-22-51(104)23-17-48)73(116)94-58(42-65(109)110)74(117)91-54(69(83)112)38-46-12-18-49(102)19-13-46)92-71(114)52(9-5-6-28-81)89-70(113)53(10-7-29-86-80(84)85)90-76(119)60-11-8-31-98(60)79(122)59(41-61(82)105)95-77(120)67(44(3)100)97-78(121)68(45(4)101)96-75(118)56(39-47-14-20-50(103)21-15-47)88-62(106)27-33-123-35-36-124-34-30-87-125-66(111)26-32-99-63(107)24-25-64(99)108/h12-23,43-45,52-60,67-68,87,100-104H,5-11,24-42,81H2,1-4H3,(H2,82,105)(H2,83,112)(H,88,106)(H,89,113)(H,90,119)(H,91,117)(H,92,114)(H,93,115)(H,94,116)(H,95,120)(H,96,118)(H,97,121)(H,109,110)(H4,84,85,86)/t44-,45-,52+,53+,54+,55+,56+,57+,58+,59+,60+,67+,68+/m1/s1. The van der Waals surface area contributed by atoms with Crippen molar-refractivity contribution in [2.75, 3.05) is 59.2 Å². The number of aliphatic hydroxyl groups excluding tert-OH is 2. The minimum Gasteiger partial charge on any atom is -0.508 e. The first kappa shape index (κ1) is 103. The number of unbranched alkanes of at least 4 members (excludes halogenated alkanes) is 1. The lowest BCUT2D eigenvalue weighted by molar-refractivity contribution is -0.153. The fourth-order valence-electron chi connectivity index (χ4n) is 13.1. The normalized spacial score (nSPS) is 16.0. The van der Waals surface area contributed by atoms with Crippen LogP contribution in [0.5, 0.6) is 17.2 Å². The van der Waals surface area contributed by atoms with Gasteiger partial charge in [0.15, 0.2) is 5.96 Å². The fourth-order valence-corrected chi connectivity index (χ4v) is 13.1. The van der Waals surface area contributed by atoms with E-state index in [2.05, 4.69) is 64.0 Å². The highest BCUT2D eigenvalue weighted by Gasteiger charge is 2.43. The molecule has 3 aromatic carbocycles. The van der Waals surface area contributed by atoms with Crippen molar-refractivity contribution in [3.8, 4) is 17.2 Å². The van der Waals surface area contributed by atoms with Crippen LogP contribution in [0.15, 0.2) is 72.8 Å². The number of primary amides is 2. The van der Waals surface area contributed by atoms with Crippen LogP contribution in [-0.2, 0) is 115 Å². The van der Waals surface area contributed by atoms with Crippen LogP contribution >= 0.6 is 0 Å². The number of aliphatic carboxylic acids is 1. The molecule has 13 atom stereocenters. The number of carboxylic acid groups (broad SMARTS) is 1. The summed E-state index contributed by atoms with van der Waals surface area (Å²) in [6, 6.07) is -2.01. The van der Waals surface area contributed by atoms with Gasteiger partial charge in [-0.3, -0.25) is 91.8 Å². The largest absolute Gasteiger partial charge is 0.508 e. The summed E-state index contributed by atoms with van der Waals surface area (Å²) in [5.41, 5.74) is 26.2. The molecule has 3 aromatic rings. The third-order valence-electron chi connectivity index (χ3n) is 19.7. The minimum absolute atomic E-state index is 0.00488. The summed E-state index contributed by atoms with van der Waals surface area (Å²) in [5, 5.41) is 96.7. The molecule has 45 nitrogen and oxygen atoms in total. The molecule has 0 saturated carbocycles. The van der Waals surface area contributed by atoms with Gasteiger partial charge in [-0.25, -0.2) is 0 Å². The highest BCUT2D eigenvalue weighted by molar-refractivity contribution is 6.03.